The minimum atomic E-state index is -0.526. The van der Waals surface area contributed by atoms with Crippen LogP contribution in [0.2, 0.25) is 0 Å². The first-order valence-electron chi connectivity index (χ1n) is 8.43. The summed E-state index contributed by atoms with van der Waals surface area (Å²) >= 11 is 0. The molecule has 2 aromatic carbocycles. The number of rotatable bonds is 3. The Labute approximate surface area is 152 Å². The molecule has 0 aromatic heterocycles. The quantitative estimate of drug-likeness (QED) is 0.881. The summed E-state index contributed by atoms with van der Waals surface area (Å²) < 4.78 is 10.6. The molecule has 2 amide bonds. The lowest BCUT2D eigenvalue weighted by molar-refractivity contribution is -0.118. The van der Waals surface area contributed by atoms with Gasteiger partial charge in [-0.3, -0.25) is 4.79 Å². The topological polar surface area (TPSA) is 76.7 Å². The van der Waals surface area contributed by atoms with Gasteiger partial charge in [-0.15, -0.1) is 0 Å². The first kappa shape index (κ1) is 17.8. The molecule has 1 aliphatic rings. The highest BCUT2D eigenvalue weighted by molar-refractivity contribution is 5.96. The maximum Gasteiger partial charge on any atom is 0.407 e. The number of benzene rings is 2. The molecule has 2 N–H and O–H groups in total. The summed E-state index contributed by atoms with van der Waals surface area (Å²) in [5.41, 5.74) is 3.02. The van der Waals surface area contributed by atoms with Crippen molar-refractivity contribution < 1.29 is 19.1 Å². The van der Waals surface area contributed by atoms with E-state index in [1.165, 1.54) is 0 Å². The fraction of sp³-hybridized carbons (Fsp3) is 0.300. The Kier molecular flexibility index (Phi) is 4.84. The Bertz CT molecular complexity index is 840. The molecule has 3 rings (SSSR count). The number of alkyl carbamates (subject to hydrolysis) is 1. The minimum Gasteiger partial charge on any atom is -0.482 e. The first-order chi connectivity index (χ1) is 12.3. The fourth-order valence-electron chi connectivity index (χ4n) is 2.61. The second kappa shape index (κ2) is 7.07. The molecule has 0 radical (unpaired) electrons. The van der Waals surface area contributed by atoms with Crippen LogP contribution >= 0.6 is 0 Å². The van der Waals surface area contributed by atoms with Gasteiger partial charge in [-0.05, 0) is 55.7 Å². The van der Waals surface area contributed by atoms with Gasteiger partial charge in [-0.2, -0.15) is 0 Å². The van der Waals surface area contributed by atoms with Crippen LogP contribution in [0.4, 0.5) is 10.5 Å². The van der Waals surface area contributed by atoms with Crippen molar-refractivity contribution in [2.75, 3.05) is 11.9 Å². The molecule has 136 valence electrons. The highest BCUT2D eigenvalue weighted by Crippen LogP contribution is 2.32. The highest BCUT2D eigenvalue weighted by Gasteiger charge is 2.17. The van der Waals surface area contributed by atoms with E-state index in [0.29, 0.717) is 18.0 Å². The van der Waals surface area contributed by atoms with Gasteiger partial charge in [-0.25, -0.2) is 4.79 Å². The molecule has 2 aromatic rings. The van der Waals surface area contributed by atoms with Crippen LogP contribution in [0.15, 0.2) is 42.5 Å². The molecule has 0 saturated carbocycles. The van der Waals surface area contributed by atoms with E-state index in [0.717, 1.165) is 16.7 Å². The SMILES string of the molecule is CC(C)(C)OC(=O)NCc1cccc(-c2ccc3c(c2)NC(=O)CO3)c1. The van der Waals surface area contributed by atoms with E-state index in [1.807, 2.05) is 63.2 Å². The number of hydrogen-bond acceptors (Lipinski definition) is 4. The van der Waals surface area contributed by atoms with Crippen molar-refractivity contribution in [2.45, 2.75) is 32.9 Å². The Balaban J connectivity index is 1.72. The van der Waals surface area contributed by atoms with Crippen LogP contribution < -0.4 is 15.4 Å². The predicted molar refractivity (Wildman–Crippen MR) is 99.1 cm³/mol. The van der Waals surface area contributed by atoms with Crippen molar-refractivity contribution in [3.05, 3.63) is 48.0 Å². The summed E-state index contributed by atoms with van der Waals surface area (Å²) in [6.07, 6.45) is -0.448. The van der Waals surface area contributed by atoms with Gasteiger partial charge in [0.15, 0.2) is 6.61 Å². The van der Waals surface area contributed by atoms with Gasteiger partial charge >= 0.3 is 6.09 Å². The summed E-state index contributed by atoms with van der Waals surface area (Å²) in [5, 5.41) is 5.56. The largest absolute Gasteiger partial charge is 0.482 e. The van der Waals surface area contributed by atoms with Gasteiger partial charge in [0.05, 0.1) is 5.69 Å². The second-order valence-corrected chi connectivity index (χ2v) is 7.10. The molecular weight excluding hydrogens is 332 g/mol. The van der Waals surface area contributed by atoms with E-state index in [1.54, 1.807) is 0 Å². The number of amides is 2. The average molecular weight is 354 g/mol. The Morgan fingerprint density at radius 2 is 1.96 bits per heavy atom. The van der Waals surface area contributed by atoms with E-state index in [9.17, 15) is 9.59 Å². The number of hydrogen-bond donors (Lipinski definition) is 2. The van der Waals surface area contributed by atoms with Gasteiger partial charge in [0.2, 0.25) is 0 Å². The number of fused-ring (bicyclic) bond motifs is 1. The monoisotopic (exact) mass is 354 g/mol. The molecule has 26 heavy (non-hydrogen) atoms. The van der Waals surface area contributed by atoms with Crippen LogP contribution in [0.3, 0.4) is 0 Å². The van der Waals surface area contributed by atoms with Gasteiger partial charge in [0.25, 0.3) is 5.91 Å². The molecule has 0 bridgehead atoms. The summed E-state index contributed by atoms with van der Waals surface area (Å²) in [7, 11) is 0. The lowest BCUT2D eigenvalue weighted by atomic mass is 10.0. The molecular formula is C20H22N2O4. The van der Waals surface area contributed by atoms with Crippen molar-refractivity contribution >= 4 is 17.7 Å². The summed E-state index contributed by atoms with van der Waals surface area (Å²) in [6, 6.07) is 13.5. The van der Waals surface area contributed by atoms with Gasteiger partial charge in [0.1, 0.15) is 11.4 Å². The number of nitrogens with one attached hydrogen (secondary N) is 2. The molecule has 6 nitrogen and oxygen atoms in total. The third-order valence-electron chi connectivity index (χ3n) is 3.71. The van der Waals surface area contributed by atoms with Crippen LogP contribution in [-0.2, 0) is 16.1 Å². The molecule has 0 unspecified atom stereocenters. The second-order valence-electron chi connectivity index (χ2n) is 7.10. The molecule has 0 saturated heterocycles. The predicted octanol–water partition coefficient (Wildman–Crippen LogP) is 3.71. The van der Waals surface area contributed by atoms with Crippen molar-refractivity contribution in [1.82, 2.24) is 5.32 Å². The lowest BCUT2D eigenvalue weighted by Crippen LogP contribution is -2.32. The maximum absolute atomic E-state index is 11.8. The zero-order valence-corrected chi connectivity index (χ0v) is 15.1. The molecule has 1 heterocycles. The van der Waals surface area contributed by atoms with Crippen molar-refractivity contribution in [1.29, 1.82) is 0 Å². The van der Waals surface area contributed by atoms with Gasteiger partial charge in [-0.1, -0.05) is 24.3 Å². The summed E-state index contributed by atoms with van der Waals surface area (Å²) in [4.78, 5) is 23.3. The standard InChI is InChI=1S/C20H22N2O4/c1-20(2,3)26-19(24)21-11-13-5-4-6-14(9-13)15-7-8-17-16(10-15)22-18(23)12-25-17/h4-10H,11-12H2,1-3H3,(H,21,24)(H,22,23). The molecule has 0 spiro atoms. The minimum absolute atomic E-state index is 0.0398. The van der Waals surface area contributed by atoms with Crippen molar-refractivity contribution in [3.8, 4) is 16.9 Å². The van der Waals surface area contributed by atoms with Crippen LogP contribution in [0.1, 0.15) is 26.3 Å². The number of anilines is 1. The summed E-state index contributed by atoms with van der Waals surface area (Å²) in [5.74, 6) is 0.501. The smallest absolute Gasteiger partial charge is 0.407 e. The van der Waals surface area contributed by atoms with Crippen LogP contribution in [0.25, 0.3) is 11.1 Å². The molecule has 0 atom stereocenters. The van der Waals surface area contributed by atoms with E-state index in [-0.39, 0.29) is 12.5 Å². The third kappa shape index (κ3) is 4.53. The van der Waals surface area contributed by atoms with Crippen LogP contribution in [0, 0.1) is 0 Å². The molecule has 0 fully saturated rings. The third-order valence-corrected chi connectivity index (χ3v) is 3.71. The van der Waals surface area contributed by atoms with E-state index in [2.05, 4.69) is 10.6 Å². The molecule has 1 aliphatic heterocycles. The Hall–Kier alpha value is -3.02. The van der Waals surface area contributed by atoms with E-state index < -0.39 is 11.7 Å². The van der Waals surface area contributed by atoms with Crippen LogP contribution in [0.5, 0.6) is 5.75 Å². The highest BCUT2D eigenvalue weighted by atomic mass is 16.6. The Morgan fingerprint density at radius 1 is 1.19 bits per heavy atom. The number of carbonyl (C=O) groups is 2. The zero-order valence-electron chi connectivity index (χ0n) is 15.1. The first-order valence-corrected chi connectivity index (χ1v) is 8.43. The molecule has 6 heteroatoms. The average Bonchev–Trinajstić information content (AvgIpc) is 2.58. The van der Waals surface area contributed by atoms with Crippen molar-refractivity contribution in [2.24, 2.45) is 0 Å². The Morgan fingerprint density at radius 3 is 2.73 bits per heavy atom. The van der Waals surface area contributed by atoms with Crippen molar-refractivity contribution in [3.63, 3.8) is 0 Å². The fourth-order valence-corrected chi connectivity index (χ4v) is 2.61. The zero-order chi connectivity index (χ0) is 18.7. The summed E-state index contributed by atoms with van der Waals surface area (Å²) in [6.45, 7) is 5.88. The van der Waals surface area contributed by atoms with E-state index >= 15 is 0 Å². The van der Waals surface area contributed by atoms with E-state index in [4.69, 9.17) is 9.47 Å². The normalized spacial score (nSPS) is 13.3. The van der Waals surface area contributed by atoms with Gasteiger partial charge in [0, 0.05) is 6.54 Å². The molecule has 0 aliphatic carbocycles. The lowest BCUT2D eigenvalue weighted by Gasteiger charge is -2.20. The number of carbonyl (C=O) groups excluding carboxylic acids is 2. The van der Waals surface area contributed by atoms with Crippen LogP contribution in [-0.4, -0.2) is 24.2 Å². The maximum atomic E-state index is 11.8. The van der Waals surface area contributed by atoms with Gasteiger partial charge < -0.3 is 20.1 Å². The number of ether oxygens (including phenoxy) is 2.